The van der Waals surface area contributed by atoms with Gasteiger partial charge in [-0.05, 0) is 42.5 Å². The summed E-state index contributed by atoms with van der Waals surface area (Å²) >= 11 is 7.93. The predicted octanol–water partition coefficient (Wildman–Crippen LogP) is 3.63. The molecule has 3 heteroatoms. The number of hydrogen-bond donors (Lipinski definition) is 1. The van der Waals surface area contributed by atoms with Gasteiger partial charge in [0.15, 0.2) is 0 Å². The minimum absolute atomic E-state index is 0.370. The molecule has 3 unspecified atom stereocenters. The lowest BCUT2D eigenvalue weighted by atomic mass is 9.77. The molecule has 78 valence electrons. The standard InChI is InChI=1S/C11H16ClNS/c1-7-2-3-8(13)6-9(7)11-10(12)4-5-14-11/h4-5,7-9H,2-3,6,13H2,1H3. The Morgan fingerprint density at radius 2 is 2.29 bits per heavy atom. The van der Waals surface area contributed by atoms with Crippen molar-refractivity contribution in [1.29, 1.82) is 0 Å². The van der Waals surface area contributed by atoms with Crippen LogP contribution in [0.4, 0.5) is 0 Å². The maximum absolute atomic E-state index is 6.16. The van der Waals surface area contributed by atoms with E-state index in [1.807, 2.05) is 6.07 Å². The van der Waals surface area contributed by atoms with Crippen LogP contribution in [0.3, 0.4) is 0 Å². The quantitative estimate of drug-likeness (QED) is 0.782. The highest BCUT2D eigenvalue weighted by Gasteiger charge is 2.29. The van der Waals surface area contributed by atoms with Gasteiger partial charge in [-0.2, -0.15) is 0 Å². The highest BCUT2D eigenvalue weighted by molar-refractivity contribution is 7.10. The second-order valence-corrected chi connectivity index (χ2v) is 5.64. The van der Waals surface area contributed by atoms with Crippen molar-refractivity contribution < 1.29 is 0 Å². The van der Waals surface area contributed by atoms with E-state index < -0.39 is 0 Å². The third-order valence-corrected chi connectivity index (χ3v) is 4.71. The summed E-state index contributed by atoms with van der Waals surface area (Å²) in [7, 11) is 0. The monoisotopic (exact) mass is 229 g/mol. The second kappa shape index (κ2) is 4.21. The SMILES string of the molecule is CC1CCC(N)CC1c1sccc1Cl. The summed E-state index contributed by atoms with van der Waals surface area (Å²) < 4.78 is 0. The van der Waals surface area contributed by atoms with Gasteiger partial charge in [-0.25, -0.2) is 0 Å². The third kappa shape index (κ3) is 1.97. The van der Waals surface area contributed by atoms with Crippen LogP contribution in [0, 0.1) is 5.92 Å². The first-order valence-electron chi connectivity index (χ1n) is 5.17. The van der Waals surface area contributed by atoms with Gasteiger partial charge in [-0.1, -0.05) is 18.5 Å². The van der Waals surface area contributed by atoms with Gasteiger partial charge in [0, 0.05) is 10.9 Å². The second-order valence-electron chi connectivity index (χ2n) is 4.29. The van der Waals surface area contributed by atoms with Crippen LogP contribution in [0.2, 0.25) is 5.02 Å². The average Bonchev–Trinajstić information content (AvgIpc) is 2.56. The smallest absolute Gasteiger partial charge is 0.0547 e. The average molecular weight is 230 g/mol. The highest BCUT2D eigenvalue weighted by Crippen LogP contribution is 2.42. The molecule has 0 saturated heterocycles. The van der Waals surface area contributed by atoms with Crippen molar-refractivity contribution in [1.82, 2.24) is 0 Å². The molecule has 0 aliphatic heterocycles. The maximum Gasteiger partial charge on any atom is 0.0547 e. The van der Waals surface area contributed by atoms with Gasteiger partial charge in [0.1, 0.15) is 0 Å². The zero-order valence-electron chi connectivity index (χ0n) is 8.37. The summed E-state index contributed by atoms with van der Waals surface area (Å²) in [6.07, 6.45) is 3.50. The van der Waals surface area contributed by atoms with Crippen molar-refractivity contribution in [2.75, 3.05) is 0 Å². The van der Waals surface area contributed by atoms with Crippen LogP contribution in [0.25, 0.3) is 0 Å². The molecule has 0 aromatic carbocycles. The van der Waals surface area contributed by atoms with E-state index in [4.69, 9.17) is 17.3 Å². The van der Waals surface area contributed by atoms with Crippen LogP contribution in [0.15, 0.2) is 11.4 Å². The molecule has 1 fully saturated rings. The minimum Gasteiger partial charge on any atom is -0.328 e. The van der Waals surface area contributed by atoms with E-state index in [1.165, 1.54) is 17.7 Å². The molecule has 2 rings (SSSR count). The number of hydrogen-bond acceptors (Lipinski definition) is 2. The lowest BCUT2D eigenvalue weighted by Gasteiger charge is -2.32. The van der Waals surface area contributed by atoms with Crippen molar-refractivity contribution >= 4 is 22.9 Å². The van der Waals surface area contributed by atoms with Crippen molar-refractivity contribution in [3.8, 4) is 0 Å². The summed E-state index contributed by atoms with van der Waals surface area (Å²) in [5.41, 5.74) is 6.01. The Kier molecular flexibility index (Phi) is 3.15. The Bertz CT molecular complexity index is 310. The predicted molar refractivity (Wildman–Crippen MR) is 63.1 cm³/mol. The lowest BCUT2D eigenvalue weighted by molar-refractivity contribution is 0.303. The fourth-order valence-corrected chi connectivity index (χ4v) is 3.74. The van der Waals surface area contributed by atoms with Gasteiger partial charge in [-0.3, -0.25) is 0 Å². The molecule has 3 atom stereocenters. The summed E-state index contributed by atoms with van der Waals surface area (Å²) in [6.45, 7) is 2.31. The van der Waals surface area contributed by atoms with E-state index in [0.717, 1.165) is 17.4 Å². The first-order valence-corrected chi connectivity index (χ1v) is 6.42. The van der Waals surface area contributed by atoms with Crippen molar-refractivity contribution in [2.45, 2.75) is 38.1 Å². The number of rotatable bonds is 1. The molecule has 14 heavy (non-hydrogen) atoms. The normalized spacial score (nSPS) is 33.2. The number of thiophene rings is 1. The van der Waals surface area contributed by atoms with Gasteiger partial charge in [0.2, 0.25) is 0 Å². The maximum atomic E-state index is 6.16. The Morgan fingerprint density at radius 3 is 2.93 bits per heavy atom. The van der Waals surface area contributed by atoms with Crippen LogP contribution >= 0.6 is 22.9 Å². The van der Waals surface area contributed by atoms with Crippen molar-refractivity contribution in [3.05, 3.63) is 21.3 Å². The molecular weight excluding hydrogens is 214 g/mol. The fourth-order valence-electron chi connectivity index (χ4n) is 2.29. The van der Waals surface area contributed by atoms with E-state index in [9.17, 15) is 0 Å². The van der Waals surface area contributed by atoms with E-state index in [-0.39, 0.29) is 0 Å². The molecule has 0 spiro atoms. The minimum atomic E-state index is 0.370. The molecular formula is C11H16ClNS. The Labute approximate surface area is 94.3 Å². The van der Waals surface area contributed by atoms with E-state index in [2.05, 4.69) is 12.3 Å². The van der Waals surface area contributed by atoms with Crippen molar-refractivity contribution in [3.63, 3.8) is 0 Å². The summed E-state index contributed by atoms with van der Waals surface area (Å²) in [4.78, 5) is 1.34. The van der Waals surface area contributed by atoms with Gasteiger partial charge in [0.25, 0.3) is 0 Å². The molecule has 1 aliphatic rings. The van der Waals surface area contributed by atoms with Gasteiger partial charge in [0.05, 0.1) is 5.02 Å². The summed E-state index contributed by atoms with van der Waals surface area (Å²) in [5.74, 6) is 1.32. The van der Waals surface area contributed by atoms with Gasteiger partial charge >= 0.3 is 0 Å². The topological polar surface area (TPSA) is 26.0 Å². The van der Waals surface area contributed by atoms with E-state index >= 15 is 0 Å². The highest BCUT2D eigenvalue weighted by atomic mass is 35.5. The van der Waals surface area contributed by atoms with Gasteiger partial charge in [-0.15, -0.1) is 11.3 Å². The zero-order chi connectivity index (χ0) is 10.1. The molecule has 0 amide bonds. The van der Waals surface area contributed by atoms with Crippen LogP contribution in [-0.2, 0) is 0 Å². The molecule has 1 aromatic rings. The van der Waals surface area contributed by atoms with E-state index in [0.29, 0.717) is 12.0 Å². The fraction of sp³-hybridized carbons (Fsp3) is 0.636. The Hall–Kier alpha value is -0.0500. The first kappa shape index (κ1) is 10.5. The molecule has 0 radical (unpaired) electrons. The molecule has 0 bridgehead atoms. The lowest BCUT2D eigenvalue weighted by Crippen LogP contribution is -2.30. The first-order chi connectivity index (χ1) is 6.68. The van der Waals surface area contributed by atoms with Crippen LogP contribution in [0.5, 0.6) is 0 Å². The zero-order valence-corrected chi connectivity index (χ0v) is 9.94. The molecule has 1 nitrogen and oxygen atoms in total. The Morgan fingerprint density at radius 1 is 1.50 bits per heavy atom. The molecule has 1 saturated carbocycles. The molecule has 1 aromatic heterocycles. The third-order valence-electron chi connectivity index (χ3n) is 3.22. The van der Waals surface area contributed by atoms with Crippen LogP contribution < -0.4 is 5.73 Å². The molecule has 1 heterocycles. The summed E-state index contributed by atoms with van der Waals surface area (Å²) in [6, 6.07) is 2.36. The molecule has 2 N–H and O–H groups in total. The number of nitrogens with two attached hydrogens (primary N) is 1. The number of halogens is 1. The van der Waals surface area contributed by atoms with E-state index in [1.54, 1.807) is 11.3 Å². The van der Waals surface area contributed by atoms with Crippen molar-refractivity contribution in [2.24, 2.45) is 11.7 Å². The van der Waals surface area contributed by atoms with Gasteiger partial charge < -0.3 is 5.73 Å². The van der Waals surface area contributed by atoms with Crippen LogP contribution in [-0.4, -0.2) is 6.04 Å². The largest absolute Gasteiger partial charge is 0.328 e. The molecule has 1 aliphatic carbocycles. The Balaban J connectivity index is 2.20. The van der Waals surface area contributed by atoms with Crippen LogP contribution in [0.1, 0.15) is 37.0 Å². The summed E-state index contributed by atoms with van der Waals surface area (Å²) in [5, 5.41) is 3.01.